The van der Waals surface area contributed by atoms with Crippen molar-refractivity contribution in [2.24, 2.45) is 0 Å². The molecule has 2 fully saturated rings. The van der Waals surface area contributed by atoms with E-state index in [2.05, 4.69) is 9.97 Å². The molecule has 0 aliphatic carbocycles. The molecule has 3 heterocycles. The summed E-state index contributed by atoms with van der Waals surface area (Å²) in [5, 5.41) is 0. The van der Waals surface area contributed by atoms with Gasteiger partial charge in [0, 0.05) is 19.6 Å². The van der Waals surface area contributed by atoms with Crippen LogP contribution in [-0.4, -0.2) is 46.6 Å². The summed E-state index contributed by atoms with van der Waals surface area (Å²) in [6.45, 7) is 1.63. The lowest BCUT2D eigenvalue weighted by Gasteiger charge is -2.28. The van der Waals surface area contributed by atoms with E-state index < -0.39 is 10.2 Å². The lowest BCUT2D eigenvalue weighted by molar-refractivity contribution is 0.342. The topological polar surface area (TPSA) is 75.6 Å². The number of aromatic nitrogens is 2. The zero-order valence-corrected chi connectivity index (χ0v) is 15.6. The fraction of sp³-hybridized carbons (Fsp3) is 0.444. The number of nitrogens with zero attached hydrogens (tertiary/aromatic N) is 4. The molecule has 2 saturated heterocycles. The van der Waals surface area contributed by atoms with E-state index in [0.717, 1.165) is 19.3 Å². The van der Waals surface area contributed by atoms with E-state index >= 15 is 0 Å². The molecule has 27 heavy (non-hydrogen) atoms. The molecule has 2 aliphatic heterocycles. The lowest BCUT2D eigenvalue weighted by atomic mass is 10.2. The van der Waals surface area contributed by atoms with E-state index in [4.69, 9.17) is 4.74 Å². The molecule has 0 spiro atoms. The normalized spacial score (nSPS) is 21.6. The predicted molar refractivity (Wildman–Crippen MR) is 96.9 cm³/mol. The first-order chi connectivity index (χ1) is 13.0. The summed E-state index contributed by atoms with van der Waals surface area (Å²) in [5.41, 5.74) is 0.565. The summed E-state index contributed by atoms with van der Waals surface area (Å²) in [6.07, 6.45) is 6.32. The van der Waals surface area contributed by atoms with E-state index in [1.807, 2.05) is 0 Å². The molecule has 144 valence electrons. The zero-order valence-electron chi connectivity index (χ0n) is 14.8. The van der Waals surface area contributed by atoms with Crippen LogP contribution in [0.3, 0.4) is 0 Å². The van der Waals surface area contributed by atoms with Crippen molar-refractivity contribution in [2.75, 3.05) is 19.6 Å². The van der Waals surface area contributed by atoms with Crippen LogP contribution in [0, 0.1) is 5.82 Å². The van der Waals surface area contributed by atoms with Gasteiger partial charge < -0.3 is 4.74 Å². The molecule has 1 unspecified atom stereocenters. The third kappa shape index (κ3) is 3.80. The minimum Gasteiger partial charge on any atom is -0.437 e. The Labute approximate surface area is 158 Å². The van der Waals surface area contributed by atoms with Crippen LogP contribution < -0.4 is 4.74 Å². The summed E-state index contributed by atoms with van der Waals surface area (Å²) in [5.74, 6) is 0.344. The Hall–Kier alpha value is -2.10. The average molecular weight is 392 g/mol. The Morgan fingerprint density at radius 1 is 1.04 bits per heavy atom. The number of ether oxygens (including phenoxy) is 1. The fourth-order valence-corrected chi connectivity index (χ4v) is 5.49. The molecule has 7 nitrogen and oxygen atoms in total. The van der Waals surface area contributed by atoms with Gasteiger partial charge in [-0.3, -0.25) is 4.98 Å². The van der Waals surface area contributed by atoms with Gasteiger partial charge in [0.1, 0.15) is 11.6 Å². The smallest absolute Gasteiger partial charge is 0.282 e. The van der Waals surface area contributed by atoms with Crippen molar-refractivity contribution in [2.45, 2.75) is 31.7 Å². The summed E-state index contributed by atoms with van der Waals surface area (Å²) < 4.78 is 47.7. The number of halogens is 1. The minimum atomic E-state index is -3.50. The average Bonchev–Trinajstić information content (AvgIpc) is 3.36. The largest absolute Gasteiger partial charge is 0.437 e. The Kier molecular flexibility index (Phi) is 5.07. The lowest BCUT2D eigenvalue weighted by Crippen LogP contribution is -2.42. The molecule has 4 rings (SSSR count). The van der Waals surface area contributed by atoms with Gasteiger partial charge in [-0.05, 0) is 49.9 Å². The zero-order chi connectivity index (χ0) is 18.9. The molecule has 0 N–H and O–H groups in total. The summed E-state index contributed by atoms with van der Waals surface area (Å²) >= 11 is 0. The standard InChI is InChI=1S/C18H21FN4O3S/c19-14-5-7-15(8-6-14)26-18-13-20-12-16(21-18)17-4-3-11-23(17)27(24,25)22-9-1-2-10-22/h5-8,12-13,17H,1-4,9-11H2. The molecule has 9 heteroatoms. The van der Waals surface area contributed by atoms with Crippen molar-refractivity contribution in [3.05, 3.63) is 48.2 Å². The maximum atomic E-state index is 13.0. The fourth-order valence-electron chi connectivity index (χ4n) is 3.57. The maximum absolute atomic E-state index is 13.0. The quantitative estimate of drug-likeness (QED) is 0.782. The van der Waals surface area contributed by atoms with E-state index in [1.165, 1.54) is 34.8 Å². The predicted octanol–water partition coefficient (Wildman–Crippen LogP) is 2.89. The van der Waals surface area contributed by atoms with Gasteiger partial charge in [-0.25, -0.2) is 9.37 Å². The molecule has 0 saturated carbocycles. The van der Waals surface area contributed by atoms with E-state index in [0.29, 0.717) is 37.5 Å². The van der Waals surface area contributed by atoms with Crippen LogP contribution in [0.4, 0.5) is 4.39 Å². The van der Waals surface area contributed by atoms with Gasteiger partial charge in [0.2, 0.25) is 5.88 Å². The van der Waals surface area contributed by atoms with Crippen LogP contribution in [0.2, 0.25) is 0 Å². The Morgan fingerprint density at radius 3 is 2.52 bits per heavy atom. The second kappa shape index (κ2) is 7.49. The van der Waals surface area contributed by atoms with Crippen molar-refractivity contribution in [1.82, 2.24) is 18.6 Å². The molecule has 1 atom stereocenters. The summed E-state index contributed by atoms with van der Waals surface area (Å²) in [7, 11) is -3.50. The van der Waals surface area contributed by atoms with Gasteiger partial charge in [-0.15, -0.1) is 0 Å². The van der Waals surface area contributed by atoms with Crippen molar-refractivity contribution in [1.29, 1.82) is 0 Å². The second-order valence-electron chi connectivity index (χ2n) is 6.72. The van der Waals surface area contributed by atoms with Crippen LogP contribution in [0.5, 0.6) is 11.6 Å². The first-order valence-corrected chi connectivity index (χ1v) is 10.5. The van der Waals surface area contributed by atoms with Crippen LogP contribution in [0.1, 0.15) is 37.4 Å². The summed E-state index contributed by atoms with van der Waals surface area (Å²) in [4.78, 5) is 8.62. The molecule has 1 aromatic heterocycles. The Bertz CT molecular complexity index is 901. The number of hydrogen-bond donors (Lipinski definition) is 0. The molecule has 2 aromatic rings. The molecule has 2 aliphatic rings. The van der Waals surface area contributed by atoms with Crippen molar-refractivity contribution < 1.29 is 17.5 Å². The van der Waals surface area contributed by atoms with E-state index in [1.54, 1.807) is 10.5 Å². The van der Waals surface area contributed by atoms with Gasteiger partial charge in [-0.2, -0.15) is 17.0 Å². The molecular formula is C18H21FN4O3S. The molecule has 0 amide bonds. The second-order valence-corrected chi connectivity index (χ2v) is 8.60. The van der Waals surface area contributed by atoms with Crippen molar-refractivity contribution in [3.63, 3.8) is 0 Å². The van der Waals surface area contributed by atoms with Crippen LogP contribution in [-0.2, 0) is 10.2 Å². The van der Waals surface area contributed by atoms with Crippen LogP contribution in [0.25, 0.3) is 0 Å². The number of hydrogen-bond acceptors (Lipinski definition) is 5. The first kappa shape index (κ1) is 18.3. The molecule has 1 aromatic carbocycles. The van der Waals surface area contributed by atoms with Gasteiger partial charge in [-0.1, -0.05) is 0 Å². The first-order valence-electron chi connectivity index (χ1n) is 9.06. The molecular weight excluding hydrogens is 371 g/mol. The number of benzene rings is 1. The maximum Gasteiger partial charge on any atom is 0.282 e. The number of rotatable bonds is 5. The monoisotopic (exact) mass is 392 g/mol. The molecule has 0 radical (unpaired) electrons. The highest BCUT2D eigenvalue weighted by molar-refractivity contribution is 7.86. The third-order valence-corrected chi connectivity index (χ3v) is 6.95. The van der Waals surface area contributed by atoms with Gasteiger partial charge >= 0.3 is 0 Å². The minimum absolute atomic E-state index is 0.254. The van der Waals surface area contributed by atoms with Gasteiger partial charge in [0.15, 0.2) is 0 Å². The highest BCUT2D eigenvalue weighted by Gasteiger charge is 2.40. The van der Waals surface area contributed by atoms with Gasteiger partial charge in [0.05, 0.1) is 24.1 Å². The highest BCUT2D eigenvalue weighted by atomic mass is 32.2. The van der Waals surface area contributed by atoms with E-state index in [-0.39, 0.29) is 17.7 Å². The van der Waals surface area contributed by atoms with Crippen LogP contribution in [0.15, 0.2) is 36.7 Å². The van der Waals surface area contributed by atoms with Crippen molar-refractivity contribution in [3.8, 4) is 11.6 Å². The summed E-state index contributed by atoms with van der Waals surface area (Å²) in [6, 6.07) is 5.26. The Balaban J connectivity index is 1.56. The molecule has 0 bridgehead atoms. The highest BCUT2D eigenvalue weighted by Crippen LogP contribution is 2.35. The van der Waals surface area contributed by atoms with Crippen molar-refractivity contribution >= 4 is 10.2 Å². The van der Waals surface area contributed by atoms with E-state index in [9.17, 15) is 12.8 Å². The SMILES string of the molecule is O=S(=O)(N1CCCC1)N1CCCC1c1cncc(Oc2ccc(F)cc2)n1. The third-order valence-electron chi connectivity index (χ3n) is 4.90. The van der Waals surface area contributed by atoms with Crippen LogP contribution >= 0.6 is 0 Å². The Morgan fingerprint density at radius 2 is 1.78 bits per heavy atom. The van der Waals surface area contributed by atoms with Gasteiger partial charge in [0.25, 0.3) is 10.2 Å².